The average molecular weight is 228 g/mol. The monoisotopic (exact) mass is 228 g/mol. The molecule has 4 heteroatoms. The van der Waals surface area contributed by atoms with E-state index in [9.17, 15) is 0 Å². The third kappa shape index (κ3) is 1.84. The van der Waals surface area contributed by atoms with Gasteiger partial charge in [0.15, 0.2) is 5.82 Å². The summed E-state index contributed by atoms with van der Waals surface area (Å²) < 4.78 is 2.24. The molecule has 1 aliphatic heterocycles. The van der Waals surface area contributed by atoms with Crippen molar-refractivity contribution in [1.82, 2.24) is 19.7 Å². The van der Waals surface area contributed by atoms with E-state index in [1.54, 1.807) is 6.20 Å². The highest BCUT2D eigenvalue weighted by molar-refractivity contribution is 5.53. The zero-order valence-corrected chi connectivity index (χ0v) is 10.2. The standard InChI is InChI=1S/C13H16N4/c1-13(2)6-5-11-15-16-12(17(11)9-13)10-4-3-7-14-8-10/h3-4,7-8H,5-6,9H2,1-2H3. The van der Waals surface area contributed by atoms with Crippen LogP contribution in [0.1, 0.15) is 26.1 Å². The third-order valence-corrected chi connectivity index (χ3v) is 3.36. The van der Waals surface area contributed by atoms with Crippen LogP contribution in [0.3, 0.4) is 0 Å². The van der Waals surface area contributed by atoms with E-state index < -0.39 is 0 Å². The molecule has 3 rings (SSSR count). The lowest BCUT2D eigenvalue weighted by Gasteiger charge is -2.30. The predicted octanol–water partition coefficient (Wildman–Crippen LogP) is 2.31. The van der Waals surface area contributed by atoms with Gasteiger partial charge in [0.2, 0.25) is 0 Å². The quantitative estimate of drug-likeness (QED) is 0.752. The van der Waals surface area contributed by atoms with Crippen molar-refractivity contribution in [3.05, 3.63) is 30.4 Å². The molecule has 0 spiro atoms. The van der Waals surface area contributed by atoms with Crippen LogP contribution in [0.25, 0.3) is 11.4 Å². The van der Waals surface area contributed by atoms with Crippen LogP contribution in [0.2, 0.25) is 0 Å². The second-order valence-corrected chi connectivity index (χ2v) is 5.43. The van der Waals surface area contributed by atoms with Crippen molar-refractivity contribution >= 4 is 0 Å². The maximum atomic E-state index is 4.31. The Morgan fingerprint density at radius 2 is 2.18 bits per heavy atom. The molecule has 0 aliphatic carbocycles. The van der Waals surface area contributed by atoms with Gasteiger partial charge in [0.25, 0.3) is 0 Å². The van der Waals surface area contributed by atoms with Crippen LogP contribution in [0, 0.1) is 5.41 Å². The third-order valence-electron chi connectivity index (χ3n) is 3.36. The molecule has 17 heavy (non-hydrogen) atoms. The lowest BCUT2D eigenvalue weighted by molar-refractivity contribution is 0.248. The van der Waals surface area contributed by atoms with Crippen molar-refractivity contribution in [2.24, 2.45) is 5.41 Å². The Hall–Kier alpha value is -1.71. The van der Waals surface area contributed by atoms with Gasteiger partial charge in [-0.2, -0.15) is 0 Å². The van der Waals surface area contributed by atoms with Gasteiger partial charge in [0.05, 0.1) is 0 Å². The lowest BCUT2D eigenvalue weighted by Crippen LogP contribution is -2.27. The van der Waals surface area contributed by atoms with Crippen molar-refractivity contribution in [2.45, 2.75) is 33.2 Å². The fraction of sp³-hybridized carbons (Fsp3) is 0.462. The zero-order chi connectivity index (χ0) is 11.9. The Bertz CT molecular complexity index is 528. The Morgan fingerprint density at radius 1 is 1.29 bits per heavy atom. The molecule has 0 saturated heterocycles. The molecule has 3 heterocycles. The highest BCUT2D eigenvalue weighted by Gasteiger charge is 2.28. The smallest absolute Gasteiger partial charge is 0.165 e. The van der Waals surface area contributed by atoms with Gasteiger partial charge in [-0.25, -0.2) is 0 Å². The van der Waals surface area contributed by atoms with Gasteiger partial charge in [0.1, 0.15) is 5.82 Å². The summed E-state index contributed by atoms with van der Waals surface area (Å²) in [5, 5.41) is 8.59. The van der Waals surface area contributed by atoms with Crippen LogP contribution in [-0.4, -0.2) is 19.7 Å². The number of hydrogen-bond donors (Lipinski definition) is 0. The number of aryl methyl sites for hydroxylation is 1. The number of fused-ring (bicyclic) bond motifs is 1. The van der Waals surface area contributed by atoms with Gasteiger partial charge in [-0.1, -0.05) is 13.8 Å². The van der Waals surface area contributed by atoms with E-state index in [1.165, 1.54) is 6.42 Å². The minimum atomic E-state index is 0.326. The Kier molecular flexibility index (Phi) is 2.24. The second-order valence-electron chi connectivity index (χ2n) is 5.43. The fourth-order valence-corrected chi connectivity index (χ4v) is 2.35. The molecule has 0 fully saturated rings. The number of pyridine rings is 1. The van der Waals surface area contributed by atoms with E-state index in [1.807, 2.05) is 18.3 Å². The minimum Gasteiger partial charge on any atom is -0.310 e. The molecule has 0 bridgehead atoms. The molecule has 2 aromatic rings. The number of rotatable bonds is 1. The summed E-state index contributed by atoms with van der Waals surface area (Å²) in [6.07, 6.45) is 5.82. The van der Waals surface area contributed by atoms with E-state index in [4.69, 9.17) is 0 Å². The topological polar surface area (TPSA) is 43.6 Å². The first-order valence-electron chi connectivity index (χ1n) is 5.98. The normalized spacial score (nSPS) is 17.8. The fourth-order valence-electron chi connectivity index (χ4n) is 2.35. The largest absolute Gasteiger partial charge is 0.310 e. The Balaban J connectivity index is 2.07. The van der Waals surface area contributed by atoms with E-state index in [-0.39, 0.29) is 0 Å². The van der Waals surface area contributed by atoms with Gasteiger partial charge in [-0.15, -0.1) is 10.2 Å². The summed E-state index contributed by atoms with van der Waals surface area (Å²) in [7, 11) is 0. The maximum absolute atomic E-state index is 4.31. The van der Waals surface area contributed by atoms with E-state index >= 15 is 0 Å². The number of hydrogen-bond acceptors (Lipinski definition) is 3. The second kappa shape index (κ2) is 3.65. The first-order valence-corrected chi connectivity index (χ1v) is 5.98. The van der Waals surface area contributed by atoms with E-state index in [0.717, 1.165) is 30.2 Å². The minimum absolute atomic E-state index is 0.326. The SMILES string of the molecule is CC1(C)CCc2nnc(-c3cccnc3)n2C1. The molecule has 88 valence electrons. The molecule has 0 atom stereocenters. The van der Waals surface area contributed by atoms with Crippen molar-refractivity contribution in [3.63, 3.8) is 0 Å². The van der Waals surface area contributed by atoms with Gasteiger partial charge >= 0.3 is 0 Å². The average Bonchev–Trinajstić information content (AvgIpc) is 2.71. The summed E-state index contributed by atoms with van der Waals surface area (Å²) in [5.41, 5.74) is 1.37. The summed E-state index contributed by atoms with van der Waals surface area (Å²) in [6.45, 7) is 5.57. The summed E-state index contributed by atoms with van der Waals surface area (Å²) >= 11 is 0. The summed E-state index contributed by atoms with van der Waals surface area (Å²) in [6, 6.07) is 3.97. The Labute approximate surface area is 101 Å². The van der Waals surface area contributed by atoms with Crippen LogP contribution in [-0.2, 0) is 13.0 Å². The van der Waals surface area contributed by atoms with Crippen molar-refractivity contribution < 1.29 is 0 Å². The molecule has 0 amide bonds. The van der Waals surface area contributed by atoms with Gasteiger partial charge in [-0.05, 0) is 24.0 Å². The molecule has 0 saturated carbocycles. The summed E-state index contributed by atoms with van der Waals surface area (Å²) in [5.74, 6) is 2.05. The lowest BCUT2D eigenvalue weighted by atomic mass is 9.85. The van der Waals surface area contributed by atoms with Crippen LogP contribution < -0.4 is 0 Å². The first-order chi connectivity index (χ1) is 8.16. The van der Waals surface area contributed by atoms with Crippen LogP contribution in [0.5, 0.6) is 0 Å². The van der Waals surface area contributed by atoms with Crippen LogP contribution in [0.15, 0.2) is 24.5 Å². The van der Waals surface area contributed by atoms with E-state index in [0.29, 0.717) is 5.41 Å². The van der Waals surface area contributed by atoms with E-state index in [2.05, 4.69) is 33.6 Å². The molecule has 4 nitrogen and oxygen atoms in total. The van der Waals surface area contributed by atoms with Gasteiger partial charge in [-0.3, -0.25) is 4.98 Å². The number of nitrogens with zero attached hydrogens (tertiary/aromatic N) is 4. The molecule has 1 aliphatic rings. The maximum Gasteiger partial charge on any atom is 0.165 e. The first kappa shape index (κ1) is 10.4. The van der Waals surface area contributed by atoms with Crippen molar-refractivity contribution in [3.8, 4) is 11.4 Å². The zero-order valence-electron chi connectivity index (χ0n) is 10.2. The summed E-state index contributed by atoms with van der Waals surface area (Å²) in [4.78, 5) is 4.14. The molecule has 2 aromatic heterocycles. The molecule has 0 N–H and O–H groups in total. The molecular weight excluding hydrogens is 212 g/mol. The van der Waals surface area contributed by atoms with Gasteiger partial charge < -0.3 is 4.57 Å². The Morgan fingerprint density at radius 3 is 2.94 bits per heavy atom. The van der Waals surface area contributed by atoms with Crippen LogP contribution >= 0.6 is 0 Å². The predicted molar refractivity (Wildman–Crippen MR) is 65.4 cm³/mol. The molecule has 0 aromatic carbocycles. The van der Waals surface area contributed by atoms with Gasteiger partial charge in [0, 0.05) is 30.9 Å². The molecular formula is C13H16N4. The van der Waals surface area contributed by atoms with Crippen molar-refractivity contribution in [2.75, 3.05) is 0 Å². The highest BCUT2D eigenvalue weighted by Crippen LogP contribution is 2.32. The van der Waals surface area contributed by atoms with Crippen LogP contribution in [0.4, 0.5) is 0 Å². The highest BCUT2D eigenvalue weighted by atomic mass is 15.3. The number of aromatic nitrogens is 4. The molecule has 0 unspecified atom stereocenters. The molecule has 0 radical (unpaired) electrons. The van der Waals surface area contributed by atoms with Crippen molar-refractivity contribution in [1.29, 1.82) is 0 Å².